The molecule has 1 aromatic carbocycles. The van der Waals surface area contributed by atoms with Crippen molar-refractivity contribution in [3.8, 4) is 0 Å². The van der Waals surface area contributed by atoms with Crippen molar-refractivity contribution in [3.05, 3.63) is 29.8 Å². The van der Waals surface area contributed by atoms with Crippen molar-refractivity contribution in [2.24, 2.45) is 0 Å². The van der Waals surface area contributed by atoms with E-state index >= 15 is 0 Å². The zero-order valence-corrected chi connectivity index (χ0v) is 11.5. The van der Waals surface area contributed by atoms with Gasteiger partial charge in [-0.2, -0.15) is 0 Å². The van der Waals surface area contributed by atoms with Gasteiger partial charge in [0.05, 0.1) is 0 Å². The number of carbonyl (C=O) groups excluding carboxylic acids is 1. The molecule has 4 heteroatoms. The van der Waals surface area contributed by atoms with Gasteiger partial charge in [0.1, 0.15) is 0 Å². The number of benzene rings is 1. The van der Waals surface area contributed by atoms with Gasteiger partial charge in [0.2, 0.25) is 0 Å². The van der Waals surface area contributed by atoms with E-state index in [9.17, 15) is 4.79 Å². The summed E-state index contributed by atoms with van der Waals surface area (Å²) in [6, 6.07) is 7.64. The third kappa shape index (κ3) is 4.75. The largest absolute Gasteiger partial charge is 0.378 e. The smallest absolute Gasteiger partial charge is 0.251 e. The Hall–Kier alpha value is -1.55. The van der Waals surface area contributed by atoms with Gasteiger partial charge >= 0.3 is 0 Å². The first-order valence-corrected chi connectivity index (χ1v) is 6.41. The minimum atomic E-state index is -0.00445. The van der Waals surface area contributed by atoms with Crippen LogP contribution in [0.4, 0.5) is 5.69 Å². The maximum absolute atomic E-state index is 11.9. The van der Waals surface area contributed by atoms with Crippen LogP contribution in [-0.2, 0) is 0 Å². The topological polar surface area (TPSA) is 44.4 Å². The van der Waals surface area contributed by atoms with Crippen LogP contribution in [-0.4, -0.2) is 39.6 Å². The number of carbonyl (C=O) groups is 1. The molecule has 0 spiro atoms. The summed E-state index contributed by atoms with van der Waals surface area (Å²) in [6.07, 6.45) is 0.951. The predicted octanol–water partition coefficient (Wildman–Crippen LogP) is 1.48. The van der Waals surface area contributed by atoms with E-state index in [0.717, 1.165) is 25.2 Å². The summed E-state index contributed by atoms with van der Waals surface area (Å²) in [6.45, 7) is 4.69. The van der Waals surface area contributed by atoms with Crippen molar-refractivity contribution in [1.29, 1.82) is 0 Å². The summed E-state index contributed by atoms with van der Waals surface area (Å²) in [7, 11) is 3.93. The summed E-state index contributed by atoms with van der Waals surface area (Å²) >= 11 is 0. The summed E-state index contributed by atoms with van der Waals surface area (Å²) in [4.78, 5) is 13.9. The van der Waals surface area contributed by atoms with Gasteiger partial charge in [0.25, 0.3) is 5.91 Å². The van der Waals surface area contributed by atoms with E-state index in [-0.39, 0.29) is 5.91 Å². The van der Waals surface area contributed by atoms with Gasteiger partial charge in [-0.05, 0) is 37.7 Å². The van der Waals surface area contributed by atoms with E-state index < -0.39 is 0 Å². The standard InChI is InChI=1S/C14H23N3O/c1-4-15-9-6-10-16-14(18)12-7-5-8-13(11-12)17(2)3/h5,7-8,11,15H,4,6,9-10H2,1-3H3,(H,16,18). The Balaban J connectivity index is 2.44. The normalized spacial score (nSPS) is 10.2. The lowest BCUT2D eigenvalue weighted by atomic mass is 10.2. The van der Waals surface area contributed by atoms with E-state index in [1.165, 1.54) is 0 Å². The molecule has 1 amide bonds. The zero-order valence-electron chi connectivity index (χ0n) is 11.5. The Bertz CT molecular complexity index is 377. The summed E-state index contributed by atoms with van der Waals surface area (Å²) in [5.74, 6) is -0.00445. The van der Waals surface area contributed by atoms with Gasteiger partial charge in [-0.15, -0.1) is 0 Å². The van der Waals surface area contributed by atoms with Gasteiger partial charge in [-0.3, -0.25) is 4.79 Å². The van der Waals surface area contributed by atoms with Crippen LogP contribution in [0.25, 0.3) is 0 Å². The van der Waals surface area contributed by atoms with Crippen molar-refractivity contribution < 1.29 is 4.79 Å². The first kappa shape index (κ1) is 14.5. The molecule has 1 aromatic rings. The van der Waals surface area contributed by atoms with Gasteiger partial charge in [0, 0.05) is 31.9 Å². The number of hydrogen-bond acceptors (Lipinski definition) is 3. The minimum absolute atomic E-state index is 0.00445. The minimum Gasteiger partial charge on any atom is -0.378 e. The highest BCUT2D eigenvalue weighted by Gasteiger charge is 2.05. The molecule has 0 aliphatic rings. The number of amides is 1. The summed E-state index contributed by atoms with van der Waals surface area (Å²) < 4.78 is 0. The summed E-state index contributed by atoms with van der Waals surface area (Å²) in [5.41, 5.74) is 1.75. The third-order valence-corrected chi connectivity index (χ3v) is 2.69. The Kier molecular flexibility index (Phi) is 6.22. The summed E-state index contributed by atoms with van der Waals surface area (Å²) in [5, 5.41) is 6.15. The molecule has 1 rings (SSSR count). The number of nitrogens with zero attached hydrogens (tertiary/aromatic N) is 1. The van der Waals surface area contributed by atoms with Crippen LogP contribution in [0.5, 0.6) is 0 Å². The number of rotatable bonds is 7. The average molecular weight is 249 g/mol. The zero-order chi connectivity index (χ0) is 13.4. The third-order valence-electron chi connectivity index (χ3n) is 2.69. The molecular formula is C14H23N3O. The van der Waals surface area contributed by atoms with Crippen LogP contribution in [0.1, 0.15) is 23.7 Å². The average Bonchev–Trinajstić information content (AvgIpc) is 2.38. The lowest BCUT2D eigenvalue weighted by molar-refractivity contribution is 0.0953. The monoisotopic (exact) mass is 249 g/mol. The molecule has 0 unspecified atom stereocenters. The second kappa shape index (κ2) is 7.71. The molecule has 18 heavy (non-hydrogen) atoms. The van der Waals surface area contributed by atoms with Crippen LogP contribution in [0.3, 0.4) is 0 Å². The molecule has 0 aliphatic heterocycles. The maximum atomic E-state index is 11.9. The molecule has 0 saturated heterocycles. The molecule has 0 saturated carbocycles. The van der Waals surface area contributed by atoms with Crippen LogP contribution in [0.2, 0.25) is 0 Å². The molecule has 100 valence electrons. The lowest BCUT2D eigenvalue weighted by Gasteiger charge is -2.13. The molecule has 0 aromatic heterocycles. The van der Waals surface area contributed by atoms with E-state index in [4.69, 9.17) is 0 Å². The highest BCUT2D eigenvalue weighted by molar-refractivity contribution is 5.95. The first-order valence-electron chi connectivity index (χ1n) is 6.41. The SMILES string of the molecule is CCNCCCNC(=O)c1cccc(N(C)C)c1. The fourth-order valence-corrected chi connectivity index (χ4v) is 1.62. The molecule has 0 bridgehead atoms. The van der Waals surface area contributed by atoms with Crippen molar-refractivity contribution in [2.45, 2.75) is 13.3 Å². The Morgan fingerprint density at radius 2 is 2.06 bits per heavy atom. The van der Waals surface area contributed by atoms with Crippen molar-refractivity contribution in [3.63, 3.8) is 0 Å². The van der Waals surface area contributed by atoms with Gasteiger partial charge in [-0.1, -0.05) is 13.0 Å². The fourth-order valence-electron chi connectivity index (χ4n) is 1.62. The van der Waals surface area contributed by atoms with Gasteiger partial charge in [0.15, 0.2) is 0 Å². The van der Waals surface area contributed by atoms with Gasteiger partial charge < -0.3 is 15.5 Å². The number of nitrogens with one attached hydrogen (secondary N) is 2. The van der Waals surface area contributed by atoms with Crippen LogP contribution in [0, 0.1) is 0 Å². The van der Waals surface area contributed by atoms with Gasteiger partial charge in [-0.25, -0.2) is 0 Å². The molecule has 4 nitrogen and oxygen atoms in total. The molecule has 0 fully saturated rings. The Labute approximate surface area is 109 Å². The lowest BCUT2D eigenvalue weighted by Crippen LogP contribution is -2.27. The Morgan fingerprint density at radius 1 is 1.28 bits per heavy atom. The molecule has 0 atom stereocenters. The second-order valence-electron chi connectivity index (χ2n) is 4.41. The van der Waals surface area contributed by atoms with Crippen molar-refractivity contribution in [2.75, 3.05) is 38.6 Å². The van der Waals surface area contributed by atoms with Crippen molar-refractivity contribution >= 4 is 11.6 Å². The molecular weight excluding hydrogens is 226 g/mol. The van der Waals surface area contributed by atoms with Crippen LogP contribution in [0.15, 0.2) is 24.3 Å². The highest BCUT2D eigenvalue weighted by atomic mass is 16.1. The first-order chi connectivity index (χ1) is 8.65. The predicted molar refractivity (Wildman–Crippen MR) is 76.3 cm³/mol. The number of hydrogen-bond donors (Lipinski definition) is 2. The van der Waals surface area contributed by atoms with Crippen LogP contribution < -0.4 is 15.5 Å². The van der Waals surface area contributed by atoms with Crippen molar-refractivity contribution in [1.82, 2.24) is 10.6 Å². The molecule has 2 N–H and O–H groups in total. The quantitative estimate of drug-likeness (QED) is 0.720. The van der Waals surface area contributed by atoms with E-state index in [0.29, 0.717) is 12.1 Å². The molecule has 0 heterocycles. The van der Waals surface area contributed by atoms with E-state index in [2.05, 4.69) is 17.6 Å². The number of anilines is 1. The fraction of sp³-hybridized carbons (Fsp3) is 0.500. The van der Waals surface area contributed by atoms with E-state index in [1.54, 1.807) is 0 Å². The molecule has 0 aliphatic carbocycles. The molecule has 0 radical (unpaired) electrons. The maximum Gasteiger partial charge on any atom is 0.251 e. The Morgan fingerprint density at radius 3 is 2.72 bits per heavy atom. The van der Waals surface area contributed by atoms with E-state index in [1.807, 2.05) is 43.3 Å². The second-order valence-corrected chi connectivity index (χ2v) is 4.41. The van der Waals surface area contributed by atoms with Crippen LogP contribution >= 0.6 is 0 Å². The highest BCUT2D eigenvalue weighted by Crippen LogP contribution is 2.13.